The van der Waals surface area contributed by atoms with Gasteiger partial charge in [-0.05, 0) is 60.5 Å². The van der Waals surface area contributed by atoms with Gasteiger partial charge in [0, 0.05) is 11.3 Å². The zero-order valence-electron chi connectivity index (χ0n) is 22.8. The second kappa shape index (κ2) is 13.2. The third-order valence-electron chi connectivity index (χ3n) is 6.41. The maximum Gasteiger partial charge on any atom is 0.301 e. The molecule has 43 heavy (non-hydrogen) atoms. The molecule has 2 heterocycles. The number of rotatable bonds is 11. The highest BCUT2D eigenvalue weighted by molar-refractivity contribution is 8.00. The number of carbonyl (C=O) groups is 2. The molecule has 220 valence electrons. The third-order valence-corrected chi connectivity index (χ3v) is 8.52. The van der Waals surface area contributed by atoms with Gasteiger partial charge in [0.25, 0.3) is 5.78 Å². The Hall–Kier alpha value is -4.55. The van der Waals surface area contributed by atoms with E-state index in [1.54, 1.807) is 49.4 Å². The number of aromatic nitrogens is 2. The molecule has 1 aromatic heterocycles. The van der Waals surface area contributed by atoms with E-state index in [0.29, 0.717) is 33.6 Å². The van der Waals surface area contributed by atoms with Crippen molar-refractivity contribution in [2.24, 2.45) is 0 Å². The average molecular weight is 622 g/mol. The summed E-state index contributed by atoms with van der Waals surface area (Å²) in [5.74, 6) is -2.19. The molecule has 12 heteroatoms. The minimum absolute atomic E-state index is 0.103. The van der Waals surface area contributed by atoms with E-state index >= 15 is 0 Å². The van der Waals surface area contributed by atoms with Crippen molar-refractivity contribution in [2.45, 2.75) is 23.1 Å². The highest BCUT2D eigenvalue weighted by atomic mass is 32.2. The quantitative estimate of drug-likeness (QED) is 0.0493. The molecule has 1 unspecified atom stereocenters. The molecule has 1 amide bonds. The molecule has 1 atom stereocenters. The molecule has 1 aliphatic heterocycles. The molecular formula is C31H25F2N3O5S2. The predicted molar refractivity (Wildman–Crippen MR) is 160 cm³/mol. The summed E-state index contributed by atoms with van der Waals surface area (Å²) in [6.07, 6.45) is 1.58. The Labute approximate surface area is 254 Å². The summed E-state index contributed by atoms with van der Waals surface area (Å²) in [7, 11) is 0. The van der Waals surface area contributed by atoms with Crippen LogP contribution in [0.5, 0.6) is 11.5 Å². The second-order valence-electron chi connectivity index (χ2n) is 9.15. The zero-order valence-corrected chi connectivity index (χ0v) is 24.5. The van der Waals surface area contributed by atoms with Crippen LogP contribution in [0.4, 0.5) is 13.9 Å². The number of ether oxygens (including phenoxy) is 2. The smallest absolute Gasteiger partial charge is 0.301 e. The van der Waals surface area contributed by atoms with Crippen molar-refractivity contribution in [2.75, 3.05) is 18.1 Å². The summed E-state index contributed by atoms with van der Waals surface area (Å²) < 4.78 is 39.7. The fourth-order valence-corrected chi connectivity index (χ4v) is 6.31. The Morgan fingerprint density at radius 3 is 2.56 bits per heavy atom. The number of anilines is 1. The lowest BCUT2D eigenvalue weighted by Gasteiger charge is -2.23. The van der Waals surface area contributed by atoms with Crippen LogP contribution in [0.2, 0.25) is 0 Å². The summed E-state index contributed by atoms with van der Waals surface area (Å²) >= 11 is 2.28. The summed E-state index contributed by atoms with van der Waals surface area (Å²) in [5.41, 5.74) is 0.840. The molecule has 4 aromatic rings. The first kappa shape index (κ1) is 29.9. The molecule has 3 aromatic carbocycles. The van der Waals surface area contributed by atoms with Gasteiger partial charge < -0.3 is 14.6 Å². The van der Waals surface area contributed by atoms with E-state index in [-0.39, 0.29) is 34.4 Å². The van der Waals surface area contributed by atoms with Gasteiger partial charge in [-0.3, -0.25) is 14.5 Å². The fraction of sp³-hybridized carbons (Fsp3) is 0.161. The monoisotopic (exact) mass is 621 g/mol. The summed E-state index contributed by atoms with van der Waals surface area (Å²) in [6.45, 7) is 5.98. The number of thioether (sulfide) groups is 1. The van der Waals surface area contributed by atoms with Crippen LogP contribution < -0.4 is 14.4 Å². The topological polar surface area (TPSA) is 102 Å². The lowest BCUT2D eigenvalue weighted by molar-refractivity contribution is -0.132. The Morgan fingerprint density at radius 1 is 1.07 bits per heavy atom. The van der Waals surface area contributed by atoms with Gasteiger partial charge in [-0.2, -0.15) is 0 Å². The maximum atomic E-state index is 14.1. The van der Waals surface area contributed by atoms with Crippen molar-refractivity contribution in [1.82, 2.24) is 10.2 Å². The van der Waals surface area contributed by atoms with E-state index in [2.05, 4.69) is 16.8 Å². The first-order valence-corrected chi connectivity index (χ1v) is 14.9. The molecule has 0 saturated carbocycles. The number of hydrogen-bond donors (Lipinski definition) is 1. The van der Waals surface area contributed by atoms with Gasteiger partial charge in [-0.25, -0.2) is 8.78 Å². The Balaban J connectivity index is 1.58. The number of nitrogens with zero attached hydrogens (tertiary/aromatic N) is 3. The van der Waals surface area contributed by atoms with Gasteiger partial charge in [-0.15, -0.1) is 10.2 Å². The standard InChI is InChI=1S/C31H25F2N3O5S2/c1-3-15-41-23-14-11-19(16-24(23)40-4-2)26-25(27(37)18-9-12-21(32)13-10-18)28(38)29(39)36(26)30-34-35-31(43-30)42-17-20-7-5-6-8-22(20)33/h3,5-14,16,26,37H,1,4,15,17H2,2H3. The van der Waals surface area contributed by atoms with Crippen molar-refractivity contribution in [3.05, 3.63) is 113 Å². The average Bonchev–Trinajstić information content (AvgIpc) is 3.58. The number of aliphatic hydroxyl groups is 1. The number of hydrogen-bond acceptors (Lipinski definition) is 9. The maximum absolute atomic E-state index is 14.1. The minimum Gasteiger partial charge on any atom is -0.507 e. The lowest BCUT2D eigenvalue weighted by Crippen LogP contribution is -2.29. The van der Waals surface area contributed by atoms with Gasteiger partial charge in [0.05, 0.1) is 18.2 Å². The number of amides is 1. The van der Waals surface area contributed by atoms with Crippen molar-refractivity contribution in [3.63, 3.8) is 0 Å². The summed E-state index contributed by atoms with van der Waals surface area (Å²) in [6, 6.07) is 15.1. The largest absolute Gasteiger partial charge is 0.507 e. The van der Waals surface area contributed by atoms with Crippen molar-refractivity contribution in [3.8, 4) is 11.5 Å². The van der Waals surface area contributed by atoms with E-state index in [9.17, 15) is 23.5 Å². The Kier molecular flexibility index (Phi) is 9.17. The van der Waals surface area contributed by atoms with Crippen LogP contribution in [0.3, 0.4) is 0 Å². The third kappa shape index (κ3) is 6.30. The SMILES string of the molecule is C=CCOc1ccc(C2C(=C(O)c3ccc(F)cc3)C(=O)C(=O)N2c2nnc(SCc3ccccc3F)s2)cc1OCC. The molecule has 0 aliphatic carbocycles. The van der Waals surface area contributed by atoms with Crippen LogP contribution in [0.15, 0.2) is 89.3 Å². The highest BCUT2D eigenvalue weighted by Crippen LogP contribution is 2.45. The molecule has 0 radical (unpaired) electrons. The molecule has 1 N–H and O–H groups in total. The van der Waals surface area contributed by atoms with E-state index in [1.165, 1.54) is 30.0 Å². The van der Waals surface area contributed by atoms with E-state index in [1.807, 2.05) is 0 Å². The first-order chi connectivity index (χ1) is 20.8. The Morgan fingerprint density at radius 2 is 1.84 bits per heavy atom. The Bertz CT molecular complexity index is 1710. The fourth-order valence-electron chi connectivity index (χ4n) is 4.45. The molecule has 8 nitrogen and oxygen atoms in total. The zero-order chi connectivity index (χ0) is 30.5. The van der Waals surface area contributed by atoms with Crippen LogP contribution in [-0.4, -0.2) is 40.2 Å². The molecule has 1 fully saturated rings. The van der Waals surface area contributed by atoms with Crippen LogP contribution in [-0.2, 0) is 15.3 Å². The van der Waals surface area contributed by atoms with Crippen LogP contribution in [0, 0.1) is 11.6 Å². The lowest BCUT2D eigenvalue weighted by atomic mass is 9.95. The highest BCUT2D eigenvalue weighted by Gasteiger charge is 2.48. The van der Waals surface area contributed by atoms with E-state index in [4.69, 9.17) is 9.47 Å². The van der Waals surface area contributed by atoms with Crippen molar-refractivity contribution < 1.29 is 33.0 Å². The molecule has 1 saturated heterocycles. The van der Waals surface area contributed by atoms with Crippen LogP contribution >= 0.6 is 23.1 Å². The van der Waals surface area contributed by atoms with Crippen molar-refractivity contribution >= 4 is 45.7 Å². The number of ketones is 1. The van der Waals surface area contributed by atoms with Gasteiger partial charge in [0.2, 0.25) is 5.13 Å². The van der Waals surface area contributed by atoms with Crippen LogP contribution in [0.1, 0.15) is 29.7 Å². The van der Waals surface area contributed by atoms with Gasteiger partial charge >= 0.3 is 5.91 Å². The molecule has 0 bridgehead atoms. The minimum atomic E-state index is -1.13. The molecule has 0 spiro atoms. The van der Waals surface area contributed by atoms with E-state index < -0.39 is 29.3 Å². The van der Waals surface area contributed by atoms with Gasteiger partial charge in [0.15, 0.2) is 15.8 Å². The summed E-state index contributed by atoms with van der Waals surface area (Å²) in [4.78, 5) is 28.2. The van der Waals surface area contributed by atoms with E-state index in [0.717, 1.165) is 28.4 Å². The summed E-state index contributed by atoms with van der Waals surface area (Å²) in [5, 5.41) is 19.7. The normalized spacial score (nSPS) is 16.0. The van der Waals surface area contributed by atoms with Gasteiger partial charge in [-0.1, -0.05) is 60.0 Å². The predicted octanol–water partition coefficient (Wildman–Crippen LogP) is 6.70. The number of carbonyl (C=O) groups excluding carboxylic acids is 2. The van der Waals surface area contributed by atoms with Crippen LogP contribution in [0.25, 0.3) is 5.76 Å². The van der Waals surface area contributed by atoms with Gasteiger partial charge in [0.1, 0.15) is 24.0 Å². The first-order valence-electron chi connectivity index (χ1n) is 13.1. The number of halogens is 2. The number of aliphatic hydroxyl groups excluding tert-OH is 1. The molecule has 5 rings (SSSR count). The number of benzene rings is 3. The number of Topliss-reactive ketones (excluding diaryl/α,β-unsaturated/α-hetero) is 1. The molecular weight excluding hydrogens is 596 g/mol. The molecule has 1 aliphatic rings. The second-order valence-corrected chi connectivity index (χ2v) is 11.3. The van der Waals surface area contributed by atoms with Crippen molar-refractivity contribution in [1.29, 1.82) is 0 Å².